The van der Waals surface area contributed by atoms with E-state index in [9.17, 15) is 12.8 Å². The number of rotatable bonds is 8. The average Bonchev–Trinajstić information content (AvgIpc) is 3.18. The average molecular weight is 314 g/mol. The van der Waals surface area contributed by atoms with Crippen molar-refractivity contribution in [2.45, 2.75) is 50.6 Å². The van der Waals surface area contributed by atoms with Gasteiger partial charge in [0, 0.05) is 18.2 Å². The summed E-state index contributed by atoms with van der Waals surface area (Å²) in [6, 6.07) is 4.00. The van der Waals surface area contributed by atoms with Crippen molar-refractivity contribution < 1.29 is 12.8 Å². The van der Waals surface area contributed by atoms with Crippen LogP contribution in [-0.2, 0) is 16.6 Å². The summed E-state index contributed by atoms with van der Waals surface area (Å²) in [5.74, 6) is 0.0568. The molecule has 1 fully saturated rings. The van der Waals surface area contributed by atoms with Gasteiger partial charge < -0.3 is 5.32 Å². The van der Waals surface area contributed by atoms with E-state index < -0.39 is 10.0 Å². The van der Waals surface area contributed by atoms with Gasteiger partial charge in [-0.1, -0.05) is 20.3 Å². The minimum absolute atomic E-state index is 0.0340. The molecule has 6 heteroatoms. The van der Waals surface area contributed by atoms with Crippen LogP contribution in [0.25, 0.3) is 0 Å². The summed E-state index contributed by atoms with van der Waals surface area (Å²) in [6.07, 6.45) is 2.81. The van der Waals surface area contributed by atoms with E-state index in [0.717, 1.165) is 25.8 Å². The summed E-state index contributed by atoms with van der Waals surface area (Å²) in [7, 11) is -3.55. The van der Waals surface area contributed by atoms with E-state index in [1.165, 1.54) is 18.2 Å². The number of hydrogen-bond donors (Lipinski definition) is 2. The van der Waals surface area contributed by atoms with Crippen LogP contribution in [0.2, 0.25) is 0 Å². The molecule has 0 amide bonds. The van der Waals surface area contributed by atoms with Gasteiger partial charge in [0.05, 0.1) is 4.90 Å². The largest absolute Gasteiger partial charge is 0.313 e. The van der Waals surface area contributed by atoms with E-state index in [1.807, 2.05) is 13.8 Å². The van der Waals surface area contributed by atoms with Gasteiger partial charge in [-0.05, 0) is 43.5 Å². The van der Waals surface area contributed by atoms with Crippen LogP contribution in [0.5, 0.6) is 0 Å². The zero-order chi connectivity index (χ0) is 15.5. The van der Waals surface area contributed by atoms with Crippen LogP contribution in [-0.4, -0.2) is 21.0 Å². The Morgan fingerprint density at radius 3 is 2.71 bits per heavy atom. The molecule has 0 aliphatic heterocycles. The second kappa shape index (κ2) is 6.85. The van der Waals surface area contributed by atoms with Gasteiger partial charge in [-0.25, -0.2) is 17.5 Å². The fraction of sp³-hybridized carbons (Fsp3) is 0.600. The van der Waals surface area contributed by atoms with Crippen LogP contribution in [0, 0.1) is 11.7 Å². The molecule has 1 aliphatic carbocycles. The normalized spacial score (nSPS) is 21.5. The Bertz CT molecular complexity index is 589. The van der Waals surface area contributed by atoms with Crippen LogP contribution in [0.4, 0.5) is 4.39 Å². The van der Waals surface area contributed by atoms with Crippen LogP contribution >= 0.6 is 0 Å². The van der Waals surface area contributed by atoms with Crippen molar-refractivity contribution in [1.29, 1.82) is 0 Å². The first-order valence-corrected chi connectivity index (χ1v) is 8.97. The molecule has 0 spiro atoms. The third kappa shape index (κ3) is 4.25. The van der Waals surface area contributed by atoms with Crippen molar-refractivity contribution >= 4 is 10.0 Å². The van der Waals surface area contributed by atoms with Gasteiger partial charge in [0.25, 0.3) is 0 Å². The fourth-order valence-electron chi connectivity index (χ4n) is 2.36. The van der Waals surface area contributed by atoms with Gasteiger partial charge in [0.15, 0.2) is 0 Å². The maximum atomic E-state index is 13.7. The second-order valence-electron chi connectivity index (χ2n) is 5.56. The van der Waals surface area contributed by atoms with Crippen molar-refractivity contribution in [2.75, 3.05) is 6.54 Å². The van der Waals surface area contributed by atoms with Crippen molar-refractivity contribution in [3.63, 3.8) is 0 Å². The predicted octanol–water partition coefficient (Wildman–Crippen LogP) is 2.40. The minimum atomic E-state index is -3.55. The van der Waals surface area contributed by atoms with Gasteiger partial charge in [0.2, 0.25) is 10.0 Å². The molecule has 0 saturated heterocycles. The number of halogens is 1. The molecule has 2 atom stereocenters. The van der Waals surface area contributed by atoms with Crippen molar-refractivity contribution in [3.05, 3.63) is 29.6 Å². The van der Waals surface area contributed by atoms with Gasteiger partial charge in [0.1, 0.15) is 5.82 Å². The van der Waals surface area contributed by atoms with E-state index in [0.29, 0.717) is 18.0 Å². The predicted molar refractivity (Wildman–Crippen MR) is 80.9 cm³/mol. The molecule has 0 bridgehead atoms. The van der Waals surface area contributed by atoms with Gasteiger partial charge in [-0.3, -0.25) is 0 Å². The molecule has 1 aromatic rings. The third-order valence-electron chi connectivity index (χ3n) is 3.82. The molecular formula is C15H23FN2O2S. The number of nitrogens with one attached hydrogen (secondary N) is 2. The van der Waals surface area contributed by atoms with Gasteiger partial charge in [-0.15, -0.1) is 0 Å². The standard InChI is InChI=1S/C15H23FN2O2S/c1-3-7-17-10-12-8-13(5-6-14(12)16)21(19,20)18-15-9-11(15)4-2/h5-6,8,11,15,17-18H,3-4,7,9-10H2,1-2H3. The maximum absolute atomic E-state index is 13.7. The fourth-order valence-corrected chi connectivity index (χ4v) is 3.73. The van der Waals surface area contributed by atoms with Gasteiger partial charge >= 0.3 is 0 Å². The first kappa shape index (κ1) is 16.4. The van der Waals surface area contributed by atoms with Crippen molar-refractivity contribution in [1.82, 2.24) is 10.0 Å². The summed E-state index contributed by atoms with van der Waals surface area (Å²) >= 11 is 0. The van der Waals surface area contributed by atoms with Crippen molar-refractivity contribution in [2.24, 2.45) is 5.92 Å². The summed E-state index contributed by atoms with van der Waals surface area (Å²) in [6.45, 7) is 5.18. The summed E-state index contributed by atoms with van der Waals surface area (Å²) in [5.41, 5.74) is 0.383. The molecule has 4 nitrogen and oxygen atoms in total. The molecular weight excluding hydrogens is 291 g/mol. The Labute approximate surface area is 126 Å². The molecule has 2 rings (SSSR count). The Hall–Kier alpha value is -0.980. The van der Waals surface area contributed by atoms with Crippen LogP contribution < -0.4 is 10.0 Å². The second-order valence-corrected chi connectivity index (χ2v) is 7.28. The molecule has 2 N–H and O–H groups in total. The molecule has 0 aromatic heterocycles. The van der Waals surface area contributed by atoms with E-state index in [-0.39, 0.29) is 16.8 Å². The third-order valence-corrected chi connectivity index (χ3v) is 5.31. The lowest BCUT2D eigenvalue weighted by molar-refractivity contribution is 0.570. The molecule has 1 saturated carbocycles. The lowest BCUT2D eigenvalue weighted by atomic mass is 10.2. The lowest BCUT2D eigenvalue weighted by Crippen LogP contribution is -2.27. The van der Waals surface area contributed by atoms with E-state index in [1.54, 1.807) is 0 Å². The molecule has 2 unspecified atom stereocenters. The lowest BCUT2D eigenvalue weighted by Gasteiger charge is -2.10. The highest BCUT2D eigenvalue weighted by molar-refractivity contribution is 7.89. The highest BCUT2D eigenvalue weighted by Gasteiger charge is 2.38. The number of benzene rings is 1. The zero-order valence-electron chi connectivity index (χ0n) is 12.5. The Balaban J connectivity index is 2.10. The molecule has 0 radical (unpaired) electrons. The van der Waals surface area contributed by atoms with Crippen LogP contribution in [0.15, 0.2) is 23.1 Å². The van der Waals surface area contributed by atoms with E-state index in [4.69, 9.17) is 0 Å². The van der Waals surface area contributed by atoms with E-state index >= 15 is 0 Å². The van der Waals surface area contributed by atoms with E-state index in [2.05, 4.69) is 10.0 Å². The van der Waals surface area contributed by atoms with Crippen molar-refractivity contribution in [3.8, 4) is 0 Å². The highest BCUT2D eigenvalue weighted by Crippen LogP contribution is 2.34. The zero-order valence-corrected chi connectivity index (χ0v) is 13.3. The molecule has 118 valence electrons. The smallest absolute Gasteiger partial charge is 0.240 e. The minimum Gasteiger partial charge on any atom is -0.313 e. The monoisotopic (exact) mass is 314 g/mol. The van der Waals surface area contributed by atoms with Crippen LogP contribution in [0.1, 0.15) is 38.7 Å². The summed E-state index contributed by atoms with van der Waals surface area (Å²) in [5, 5.41) is 3.08. The molecule has 0 heterocycles. The van der Waals surface area contributed by atoms with Gasteiger partial charge in [-0.2, -0.15) is 0 Å². The number of hydrogen-bond acceptors (Lipinski definition) is 3. The summed E-state index contributed by atoms with van der Waals surface area (Å²) < 4.78 is 41.0. The quantitative estimate of drug-likeness (QED) is 0.725. The first-order valence-electron chi connectivity index (χ1n) is 7.49. The SMILES string of the molecule is CCCNCc1cc(S(=O)(=O)NC2CC2CC)ccc1F. The number of sulfonamides is 1. The Kier molecular flexibility index (Phi) is 5.35. The topological polar surface area (TPSA) is 58.2 Å². The Morgan fingerprint density at radius 2 is 2.10 bits per heavy atom. The Morgan fingerprint density at radius 1 is 1.33 bits per heavy atom. The van der Waals surface area contributed by atoms with Crippen LogP contribution in [0.3, 0.4) is 0 Å². The first-order chi connectivity index (χ1) is 9.97. The molecule has 1 aliphatic rings. The maximum Gasteiger partial charge on any atom is 0.240 e. The molecule has 1 aromatic carbocycles. The summed E-state index contributed by atoms with van der Waals surface area (Å²) in [4.78, 5) is 0.138. The highest BCUT2D eigenvalue weighted by atomic mass is 32.2. The molecule has 21 heavy (non-hydrogen) atoms.